The Morgan fingerprint density at radius 3 is 2.86 bits per heavy atom. The summed E-state index contributed by atoms with van der Waals surface area (Å²) < 4.78 is 6.12. The Kier molecular flexibility index (Phi) is 5.66. The number of nitrogens with zero attached hydrogens (tertiary/aromatic N) is 1. The second-order valence-electron chi connectivity index (χ2n) is 4.73. The van der Waals surface area contributed by atoms with Crippen LogP contribution in [0.2, 0.25) is 0 Å². The molecule has 1 amide bonds. The minimum Gasteiger partial charge on any atom is -0.368 e. The fourth-order valence-electron chi connectivity index (χ4n) is 2.06. The van der Waals surface area contributed by atoms with Crippen molar-refractivity contribution in [3.63, 3.8) is 0 Å². The standard InChI is InChI=1S/C13H16BrN3O4/c14-11-2-1-9(17(19)20)7-12(11)16-13(18)8-21-10-3-5-15-6-4-10/h1-2,7,10,15H,3-6,8H2,(H,16,18). The minimum atomic E-state index is -0.506. The van der Waals surface area contributed by atoms with Gasteiger partial charge in [-0.3, -0.25) is 14.9 Å². The van der Waals surface area contributed by atoms with Gasteiger partial charge in [0.1, 0.15) is 6.61 Å². The largest absolute Gasteiger partial charge is 0.368 e. The van der Waals surface area contributed by atoms with Crippen molar-refractivity contribution in [2.75, 3.05) is 25.0 Å². The van der Waals surface area contributed by atoms with E-state index in [9.17, 15) is 14.9 Å². The number of benzene rings is 1. The van der Waals surface area contributed by atoms with E-state index in [1.807, 2.05) is 0 Å². The van der Waals surface area contributed by atoms with Gasteiger partial charge in [0.25, 0.3) is 5.69 Å². The third-order valence-corrected chi connectivity index (χ3v) is 3.86. The van der Waals surface area contributed by atoms with Crippen molar-refractivity contribution in [1.82, 2.24) is 5.32 Å². The summed E-state index contributed by atoms with van der Waals surface area (Å²) in [7, 11) is 0. The predicted octanol–water partition coefficient (Wildman–Crippen LogP) is 2.06. The molecular formula is C13H16BrN3O4. The number of carbonyl (C=O) groups excluding carboxylic acids is 1. The summed E-state index contributed by atoms with van der Waals surface area (Å²) in [4.78, 5) is 22.1. The summed E-state index contributed by atoms with van der Waals surface area (Å²) >= 11 is 3.25. The lowest BCUT2D eigenvalue weighted by Gasteiger charge is -2.22. The molecule has 0 aliphatic carbocycles. The molecule has 1 aliphatic heterocycles. The average molecular weight is 358 g/mol. The third kappa shape index (κ3) is 4.76. The number of ether oxygens (including phenoxy) is 1. The van der Waals surface area contributed by atoms with E-state index in [1.54, 1.807) is 0 Å². The minimum absolute atomic E-state index is 0.0558. The van der Waals surface area contributed by atoms with E-state index >= 15 is 0 Å². The topological polar surface area (TPSA) is 93.5 Å². The Morgan fingerprint density at radius 2 is 2.19 bits per heavy atom. The van der Waals surface area contributed by atoms with Gasteiger partial charge in [-0.1, -0.05) is 0 Å². The molecule has 0 spiro atoms. The zero-order valence-corrected chi connectivity index (χ0v) is 12.9. The van der Waals surface area contributed by atoms with Crippen molar-refractivity contribution in [3.05, 3.63) is 32.8 Å². The number of anilines is 1. The normalized spacial score (nSPS) is 15.7. The van der Waals surface area contributed by atoms with Gasteiger partial charge in [-0.25, -0.2) is 0 Å². The van der Waals surface area contributed by atoms with Crippen molar-refractivity contribution in [3.8, 4) is 0 Å². The summed E-state index contributed by atoms with van der Waals surface area (Å²) in [5.41, 5.74) is 0.288. The maximum absolute atomic E-state index is 11.8. The quantitative estimate of drug-likeness (QED) is 0.621. The zero-order valence-electron chi connectivity index (χ0n) is 11.3. The van der Waals surface area contributed by atoms with Crippen molar-refractivity contribution in [2.45, 2.75) is 18.9 Å². The molecule has 21 heavy (non-hydrogen) atoms. The van der Waals surface area contributed by atoms with Gasteiger partial charge in [0.2, 0.25) is 5.91 Å². The maximum atomic E-state index is 11.8. The van der Waals surface area contributed by atoms with Crippen LogP contribution in [0.15, 0.2) is 22.7 Å². The molecule has 1 saturated heterocycles. The van der Waals surface area contributed by atoms with Crippen LogP contribution >= 0.6 is 15.9 Å². The molecule has 0 aromatic heterocycles. The van der Waals surface area contributed by atoms with Gasteiger partial charge >= 0.3 is 0 Å². The maximum Gasteiger partial charge on any atom is 0.271 e. The number of hydrogen-bond donors (Lipinski definition) is 2. The van der Waals surface area contributed by atoms with E-state index in [0.29, 0.717) is 10.2 Å². The third-order valence-electron chi connectivity index (χ3n) is 3.17. The second kappa shape index (κ2) is 7.48. The number of carbonyl (C=O) groups is 1. The van der Waals surface area contributed by atoms with Gasteiger partial charge in [0, 0.05) is 16.6 Å². The van der Waals surface area contributed by atoms with Crippen LogP contribution in [0.25, 0.3) is 0 Å². The molecular weight excluding hydrogens is 342 g/mol. The summed E-state index contributed by atoms with van der Waals surface area (Å²) in [5.74, 6) is -0.324. The number of nitrogens with one attached hydrogen (secondary N) is 2. The van der Waals surface area contributed by atoms with Crippen LogP contribution in [0.4, 0.5) is 11.4 Å². The summed E-state index contributed by atoms with van der Waals surface area (Å²) in [6.45, 7) is 1.73. The number of piperidine rings is 1. The highest BCUT2D eigenvalue weighted by molar-refractivity contribution is 9.10. The van der Waals surface area contributed by atoms with Crippen LogP contribution < -0.4 is 10.6 Å². The number of nitro groups is 1. The molecule has 7 nitrogen and oxygen atoms in total. The van der Waals surface area contributed by atoms with Gasteiger partial charge in [-0.2, -0.15) is 0 Å². The van der Waals surface area contributed by atoms with Crippen LogP contribution in [-0.4, -0.2) is 36.6 Å². The van der Waals surface area contributed by atoms with Crippen molar-refractivity contribution < 1.29 is 14.5 Å². The lowest BCUT2D eigenvalue weighted by Crippen LogP contribution is -2.34. The zero-order chi connectivity index (χ0) is 15.2. The van der Waals surface area contributed by atoms with E-state index in [0.717, 1.165) is 25.9 Å². The lowest BCUT2D eigenvalue weighted by molar-refractivity contribution is -0.384. The van der Waals surface area contributed by atoms with Crippen LogP contribution in [0.3, 0.4) is 0 Å². The van der Waals surface area contributed by atoms with Crippen LogP contribution in [0, 0.1) is 10.1 Å². The first kappa shape index (κ1) is 15.9. The van der Waals surface area contributed by atoms with Crippen LogP contribution in [0.5, 0.6) is 0 Å². The van der Waals surface area contributed by atoms with Gasteiger partial charge in [-0.15, -0.1) is 0 Å². The first-order valence-corrected chi connectivity index (χ1v) is 7.41. The summed E-state index contributed by atoms with van der Waals surface area (Å²) in [6, 6.07) is 4.21. The second-order valence-corrected chi connectivity index (χ2v) is 5.58. The fraction of sp³-hybridized carbons (Fsp3) is 0.462. The summed E-state index contributed by atoms with van der Waals surface area (Å²) in [5, 5.41) is 16.6. The van der Waals surface area contributed by atoms with Crippen LogP contribution in [0.1, 0.15) is 12.8 Å². The molecule has 0 bridgehead atoms. The lowest BCUT2D eigenvalue weighted by atomic mass is 10.1. The molecule has 1 aromatic rings. The first-order valence-electron chi connectivity index (χ1n) is 6.62. The predicted molar refractivity (Wildman–Crippen MR) is 81.3 cm³/mol. The van der Waals surface area contributed by atoms with E-state index < -0.39 is 4.92 Å². The van der Waals surface area contributed by atoms with E-state index in [2.05, 4.69) is 26.6 Å². The number of rotatable bonds is 5. The monoisotopic (exact) mass is 357 g/mol. The molecule has 0 saturated carbocycles. The highest BCUT2D eigenvalue weighted by atomic mass is 79.9. The Hall–Kier alpha value is -1.51. The van der Waals surface area contributed by atoms with Gasteiger partial charge < -0.3 is 15.4 Å². The van der Waals surface area contributed by atoms with Gasteiger partial charge in [0.15, 0.2) is 0 Å². The summed E-state index contributed by atoms with van der Waals surface area (Å²) in [6.07, 6.45) is 1.85. The van der Waals surface area contributed by atoms with Gasteiger partial charge in [-0.05, 0) is 47.9 Å². The number of halogens is 1. The fourth-order valence-corrected chi connectivity index (χ4v) is 2.41. The Labute approximate surface area is 130 Å². The molecule has 1 fully saturated rings. The SMILES string of the molecule is O=C(COC1CCNCC1)Nc1cc([N+](=O)[O-])ccc1Br. The molecule has 1 aliphatic rings. The first-order chi connectivity index (χ1) is 10.1. The molecule has 0 unspecified atom stereocenters. The van der Waals surface area contributed by atoms with Crippen LogP contribution in [-0.2, 0) is 9.53 Å². The van der Waals surface area contributed by atoms with Crippen molar-refractivity contribution >= 4 is 33.2 Å². The molecule has 0 atom stereocenters. The number of non-ortho nitro benzene ring substituents is 1. The van der Waals surface area contributed by atoms with Crippen molar-refractivity contribution in [1.29, 1.82) is 0 Å². The number of amides is 1. The van der Waals surface area contributed by atoms with E-state index in [-0.39, 0.29) is 24.3 Å². The Bertz CT molecular complexity index is 532. The molecule has 1 aromatic carbocycles. The Balaban J connectivity index is 1.89. The molecule has 8 heteroatoms. The molecule has 114 valence electrons. The van der Waals surface area contributed by atoms with Gasteiger partial charge in [0.05, 0.1) is 16.7 Å². The molecule has 2 rings (SSSR count). The van der Waals surface area contributed by atoms with E-state index in [4.69, 9.17) is 4.74 Å². The van der Waals surface area contributed by atoms with Crippen molar-refractivity contribution in [2.24, 2.45) is 0 Å². The highest BCUT2D eigenvalue weighted by Gasteiger charge is 2.16. The van der Waals surface area contributed by atoms with E-state index in [1.165, 1.54) is 18.2 Å². The highest BCUT2D eigenvalue weighted by Crippen LogP contribution is 2.27. The molecule has 2 N–H and O–H groups in total. The Morgan fingerprint density at radius 1 is 1.48 bits per heavy atom. The smallest absolute Gasteiger partial charge is 0.271 e. The number of hydrogen-bond acceptors (Lipinski definition) is 5. The average Bonchev–Trinajstić information content (AvgIpc) is 2.48. The molecule has 0 radical (unpaired) electrons. The number of nitro benzene ring substituents is 1. The molecule has 1 heterocycles.